The van der Waals surface area contributed by atoms with Gasteiger partial charge in [0, 0.05) is 139 Å². The number of fused-ring (bicyclic) bond motifs is 15. The Kier molecular flexibility index (Phi) is 41.9. The van der Waals surface area contributed by atoms with E-state index in [0.29, 0.717) is 225 Å². The molecule has 0 aromatic heterocycles. The number of nitrogens with zero attached hydrogens (tertiary/aromatic N) is 28. The summed E-state index contributed by atoms with van der Waals surface area (Å²) in [5, 5.41) is 43.2. The molecule has 0 aliphatic heterocycles. The predicted molar refractivity (Wildman–Crippen MR) is 535 cm³/mol. The molecule has 34 atom stereocenters. The summed E-state index contributed by atoms with van der Waals surface area (Å²) in [5.41, 5.74) is 81.1. The zero-order valence-corrected chi connectivity index (χ0v) is 86.5. The summed E-state index contributed by atoms with van der Waals surface area (Å²) in [5.74, 6) is 6.84. The minimum Gasteiger partial charge on any atom is -0.396 e. The second-order valence-electron chi connectivity index (χ2n) is 45.1. The smallest absolute Gasteiger partial charge is 0.264 e. The van der Waals surface area contributed by atoms with Gasteiger partial charge < -0.3 is 47.7 Å². The monoisotopic (exact) mass is 1980 g/mol. The lowest BCUT2D eigenvalue weighted by atomic mass is 9.41. The number of aliphatic hydroxyl groups excluding tert-OH is 1. The van der Waals surface area contributed by atoms with Crippen molar-refractivity contribution in [3.8, 4) is 0 Å². The topological polar surface area (TPSA) is 589 Å². The summed E-state index contributed by atoms with van der Waals surface area (Å²) in [7, 11) is -1.17. The first-order chi connectivity index (χ1) is 68.0. The fourth-order valence-electron chi connectivity index (χ4n) is 32.9. The van der Waals surface area contributed by atoms with Crippen molar-refractivity contribution in [3.05, 3.63) is 130 Å². The number of hydrogen-bond acceptors (Lipinski definition) is 23. The van der Waals surface area contributed by atoms with Gasteiger partial charge in [0.2, 0.25) is 0 Å². The van der Waals surface area contributed by atoms with E-state index in [4.69, 9.17) is 96.6 Å². The van der Waals surface area contributed by atoms with E-state index in [2.05, 4.69) is 195 Å². The van der Waals surface area contributed by atoms with Gasteiger partial charge in [-0.15, -0.1) is 0 Å². The van der Waals surface area contributed by atoms with E-state index in [9.17, 15) is 13.5 Å². The molecule has 14 rings (SSSR count). The Hall–Kier alpha value is -7.52. The zero-order valence-electron chi connectivity index (χ0n) is 85.7. The average molecular weight is 1980 g/mol. The summed E-state index contributed by atoms with van der Waals surface area (Å²) in [4.78, 5) is 28.9. The molecule has 13 aliphatic rings. The molecule has 0 saturated heterocycles. The van der Waals surface area contributed by atoms with E-state index in [1.807, 2.05) is 0 Å². The molecular weight excluding hydrogens is 1820 g/mol. The molecule has 0 heterocycles. The Morgan fingerprint density at radius 3 is 1.01 bits per heavy atom. The molecule has 0 amide bonds. The van der Waals surface area contributed by atoms with Crippen molar-refractivity contribution in [1.82, 2.24) is 4.90 Å². The standard InChI is InChI=1S/C38H58N10O3.C31H53N9O6S.C30H51N9O4/c1-36-14-12-28(49-19-16-42-45-39)22-27(36)23-31(50-20-17-43-46-40)35-29-10-11-32(38(29,3)34(24-30(35)36)51-21-18-44-47-41)37(2)15-13-33(37)48(4)25-26-8-6-5-7-9-26;1-21(6-5-14-46-47(4,41)42)24-7-8-25-29-26(20-28(31(24,25)3)45-17-13-37-40-34)30(2)10-9-23(43-15-11-35-38-32)18-22(30)19-27(29)44-16-12-36-39-33;1-20(5-4-13-40)23-6-7-24-28-25(19-27(30(23,24)3)43-16-12-36-39-33)29(2)9-8-22(41-14-10-34-37-31)17-21(29)18-26(28)42-15-11-35-38-32/h5-9,27-35H,10-25H2,1-4H3;21-29H,5-20H2,1-4H3;20-28,40H,4-19H2,1-3H3/t27-,28+,29-,30-,31+,32+,33?,34-,35-,36-,37+,38-;21-,22+,23-,24-,25+,26+,27-,28+,29+,30+,31-;20-,21+,22-,23-,24+,25+,26-,27+,28+,29+,30-/m011/s1. The molecule has 13 aliphatic carbocycles. The molecular formula is C99H162N28O13S. The van der Waals surface area contributed by atoms with Crippen LogP contribution < -0.4 is 0 Å². The molecule has 1 N–H and O–H groups in total. The van der Waals surface area contributed by atoms with E-state index < -0.39 is 10.1 Å². The SMILES string of the molecule is CN(Cc1ccccc1)C1CC[C@]1(C)[C@H]1CC[C@H]2[C@@H]3[C@H](OCCN=[N+]=[N-])C[C@@H]4C[C@H](OCCN=[N+]=[N-])CC[C@]4(C)[C@H]3C[C@H](OCCN=[N+]=[N-])[C@@]21C.C[C@H](CCCO)[C@H]1CC[C@H]2[C@@H]3[C@H](OCCN=[N+]=[N-])C[C@@H]4C[C@H](OCCN=[N+]=[N-])CC[C@]4(C)[C@H]3C[C@H](OCCN=[N+]=[N-])[C@]12C.C[C@H](CCCOS(C)(=O)=O)[C@H]1CC[C@H]2[C@@H]3[C@H](OCCN=[N+]=[N-])C[C@@H]4C[C@H](OCCN=[N+]=[N-])CC[C@]4(C)[C@H]3C[C@H](OCCN=[N+]=[N-])[C@]12C. The third-order valence-corrected chi connectivity index (χ3v) is 39.7. The van der Waals surface area contributed by atoms with Crippen molar-refractivity contribution >= 4 is 10.1 Å². The number of azide groups is 9. The van der Waals surface area contributed by atoms with Crippen LogP contribution in [0, 0.1) is 139 Å². The Balaban J connectivity index is 0.000000190. The van der Waals surface area contributed by atoms with Gasteiger partial charge in [-0.1, -0.05) is 139 Å². The minimum atomic E-state index is -3.47. The highest BCUT2D eigenvalue weighted by atomic mass is 32.2. The molecule has 0 spiro atoms. The van der Waals surface area contributed by atoms with Crippen LogP contribution in [0.2, 0.25) is 0 Å². The molecule has 1 aromatic rings. The zero-order chi connectivity index (χ0) is 101. The van der Waals surface area contributed by atoms with Gasteiger partial charge >= 0.3 is 0 Å². The quantitative estimate of drug-likeness (QED) is 0.0208. The van der Waals surface area contributed by atoms with Gasteiger partial charge in [0.15, 0.2) is 0 Å². The lowest BCUT2D eigenvalue weighted by Gasteiger charge is -2.66. The van der Waals surface area contributed by atoms with Crippen LogP contribution in [0.4, 0.5) is 0 Å². The summed E-state index contributed by atoms with van der Waals surface area (Å²) < 4.78 is 87.3. The van der Waals surface area contributed by atoms with E-state index in [1.165, 1.54) is 24.8 Å². The number of benzene rings is 1. The lowest BCUT2D eigenvalue weighted by Crippen LogP contribution is -2.66. The van der Waals surface area contributed by atoms with Crippen molar-refractivity contribution in [2.75, 3.05) is 145 Å². The van der Waals surface area contributed by atoms with Crippen LogP contribution in [0.5, 0.6) is 0 Å². The van der Waals surface area contributed by atoms with Crippen molar-refractivity contribution < 1.29 is 60.3 Å². The number of hydrogen-bond donors (Lipinski definition) is 1. The largest absolute Gasteiger partial charge is 0.396 e. The molecule has 13 fully saturated rings. The Morgan fingerprint density at radius 2 is 0.688 bits per heavy atom. The molecule has 1 unspecified atom stereocenters. The maximum Gasteiger partial charge on any atom is 0.264 e. The molecule has 0 radical (unpaired) electrons. The predicted octanol–water partition coefficient (Wildman–Crippen LogP) is 24.0. The van der Waals surface area contributed by atoms with Crippen molar-refractivity contribution in [3.63, 3.8) is 0 Å². The molecule has 0 bridgehead atoms. The first-order valence-corrected chi connectivity index (χ1v) is 54.7. The Morgan fingerprint density at radius 1 is 0.376 bits per heavy atom. The number of rotatable bonds is 50. The van der Waals surface area contributed by atoms with Crippen LogP contribution >= 0.6 is 0 Å². The Labute approximate surface area is 833 Å². The Bertz CT molecular complexity index is 4760. The average Bonchev–Trinajstić information content (AvgIpc) is 1.57. The summed E-state index contributed by atoms with van der Waals surface area (Å²) >= 11 is 0. The third kappa shape index (κ3) is 25.8. The van der Waals surface area contributed by atoms with Crippen molar-refractivity contribution in [2.45, 2.75) is 303 Å². The first-order valence-electron chi connectivity index (χ1n) is 52.9. The summed E-state index contributed by atoms with van der Waals surface area (Å²) in [6.45, 7) is 30.0. The van der Waals surface area contributed by atoms with Gasteiger partial charge in [-0.3, -0.25) is 9.08 Å². The second kappa shape index (κ2) is 52.7. The minimum absolute atomic E-state index is 0.0135. The second-order valence-corrected chi connectivity index (χ2v) is 46.8. The highest BCUT2D eigenvalue weighted by Gasteiger charge is 2.73. The van der Waals surface area contributed by atoms with Crippen LogP contribution in [0.25, 0.3) is 94.0 Å². The maximum atomic E-state index is 11.5. The van der Waals surface area contributed by atoms with Gasteiger partial charge in [-0.25, -0.2) is 0 Å². The maximum absolute atomic E-state index is 11.5. The fourth-order valence-corrected chi connectivity index (χ4v) is 33.3. The van der Waals surface area contributed by atoms with Gasteiger partial charge in [0.1, 0.15) is 0 Å². The van der Waals surface area contributed by atoms with Crippen LogP contribution in [0.3, 0.4) is 0 Å². The molecule has 141 heavy (non-hydrogen) atoms. The summed E-state index contributed by atoms with van der Waals surface area (Å²) in [6, 6.07) is 11.3. The van der Waals surface area contributed by atoms with E-state index in [-0.39, 0.29) is 113 Å². The van der Waals surface area contributed by atoms with Crippen molar-refractivity contribution in [1.29, 1.82) is 0 Å². The molecule has 1 aromatic carbocycles. The highest BCUT2D eigenvalue weighted by Crippen LogP contribution is 2.75. The normalized spacial score (nSPS) is 38.5. The van der Waals surface area contributed by atoms with Crippen LogP contribution in [-0.2, 0) is 63.5 Å². The van der Waals surface area contributed by atoms with Crippen LogP contribution in [-0.4, -0.2) is 224 Å². The third-order valence-electron chi connectivity index (χ3n) is 39.1. The molecule has 41 nitrogen and oxygen atoms in total. The lowest BCUT2D eigenvalue weighted by molar-refractivity contribution is -0.237. The van der Waals surface area contributed by atoms with E-state index in [1.54, 1.807) is 0 Å². The fraction of sp³-hybridized carbons (Fsp3) is 0.939. The van der Waals surface area contributed by atoms with Crippen LogP contribution in [0.1, 0.15) is 241 Å². The number of ether oxygens (including phenoxy) is 9. The molecule has 13 saturated carbocycles. The highest BCUT2D eigenvalue weighted by molar-refractivity contribution is 7.86. The van der Waals surface area contributed by atoms with Crippen molar-refractivity contribution in [2.24, 2.45) is 185 Å². The summed E-state index contributed by atoms with van der Waals surface area (Å²) in [6.07, 6.45) is 28.8. The van der Waals surface area contributed by atoms with Gasteiger partial charge in [0.25, 0.3) is 10.1 Å². The van der Waals surface area contributed by atoms with Gasteiger partial charge in [-0.2, -0.15) is 8.42 Å². The first kappa shape index (κ1) is 112. The molecule has 782 valence electrons. The van der Waals surface area contributed by atoms with Gasteiger partial charge in [0.05, 0.1) is 127 Å². The van der Waals surface area contributed by atoms with Crippen LogP contribution in [0.15, 0.2) is 76.4 Å². The molecule has 42 heteroatoms. The van der Waals surface area contributed by atoms with E-state index >= 15 is 0 Å². The van der Waals surface area contributed by atoms with Gasteiger partial charge in [-0.05, 0) is 358 Å². The van der Waals surface area contributed by atoms with E-state index in [0.717, 1.165) is 160 Å². The number of aliphatic hydroxyl groups is 1.